The minimum Gasteiger partial charge on any atom is -0.436 e. The molecule has 0 bridgehead atoms. The van der Waals surface area contributed by atoms with E-state index in [2.05, 4.69) is 38.2 Å². The average Bonchev–Trinajstić information content (AvgIpc) is 3.13. The number of aryl methyl sites for hydroxylation is 2. The predicted molar refractivity (Wildman–Crippen MR) is 132 cm³/mol. The molecule has 150 valence electrons. The summed E-state index contributed by atoms with van der Waals surface area (Å²) < 4.78 is 6.96. The molecule has 3 aromatic carbocycles. The first kappa shape index (κ1) is 20.5. The van der Waals surface area contributed by atoms with Gasteiger partial charge in [0.25, 0.3) is 5.91 Å². The van der Waals surface area contributed by atoms with Gasteiger partial charge in [-0.05, 0) is 108 Å². The molecular weight excluding hydrogens is 509 g/mol. The third kappa shape index (κ3) is 4.52. The fraction of sp³-hybridized carbons (Fsp3) is 0.0870. The van der Waals surface area contributed by atoms with E-state index in [0.29, 0.717) is 11.5 Å². The van der Waals surface area contributed by atoms with Crippen LogP contribution in [0.4, 0.5) is 5.69 Å². The maximum Gasteiger partial charge on any atom is 0.257 e. The molecule has 0 fully saturated rings. The maximum atomic E-state index is 12.4. The molecule has 1 aromatic heterocycles. The average molecular weight is 527 g/mol. The second kappa shape index (κ2) is 8.53. The van der Waals surface area contributed by atoms with E-state index in [1.54, 1.807) is 12.1 Å². The summed E-state index contributed by atoms with van der Waals surface area (Å²) in [5.74, 6) is 0.277. The number of amides is 1. The van der Waals surface area contributed by atoms with Crippen molar-refractivity contribution < 1.29 is 9.21 Å². The summed E-state index contributed by atoms with van der Waals surface area (Å²) in [5.41, 5.74) is 5.82. The number of anilines is 1. The Morgan fingerprint density at radius 3 is 2.57 bits per heavy atom. The Balaban J connectivity index is 1.53. The minimum atomic E-state index is -0.257. The molecule has 1 amide bonds. The van der Waals surface area contributed by atoms with E-state index in [1.165, 1.54) is 0 Å². The van der Waals surface area contributed by atoms with E-state index in [-0.39, 0.29) is 11.0 Å². The van der Waals surface area contributed by atoms with Gasteiger partial charge in [0.1, 0.15) is 5.52 Å². The van der Waals surface area contributed by atoms with Crippen molar-refractivity contribution in [1.29, 1.82) is 0 Å². The van der Waals surface area contributed by atoms with Gasteiger partial charge < -0.3 is 9.73 Å². The van der Waals surface area contributed by atoms with E-state index < -0.39 is 0 Å². The summed E-state index contributed by atoms with van der Waals surface area (Å²) in [6.45, 7) is 3.98. The Labute approximate surface area is 193 Å². The number of carbonyl (C=O) groups is 1. The second-order valence-corrected chi connectivity index (χ2v) is 8.59. The summed E-state index contributed by atoms with van der Waals surface area (Å²) in [6.07, 6.45) is 0. The first-order valence-electron chi connectivity index (χ1n) is 9.25. The number of hydrogen-bond donors (Lipinski definition) is 2. The van der Waals surface area contributed by atoms with Gasteiger partial charge in [0.2, 0.25) is 5.89 Å². The molecule has 0 saturated carbocycles. The van der Waals surface area contributed by atoms with Crippen molar-refractivity contribution in [2.75, 3.05) is 5.32 Å². The lowest BCUT2D eigenvalue weighted by Gasteiger charge is -2.12. The molecule has 1 heterocycles. The fourth-order valence-electron chi connectivity index (χ4n) is 2.98. The monoisotopic (exact) mass is 527 g/mol. The van der Waals surface area contributed by atoms with Gasteiger partial charge in [-0.2, -0.15) is 0 Å². The Bertz CT molecular complexity index is 1270. The molecule has 0 radical (unpaired) electrons. The first-order chi connectivity index (χ1) is 14.4. The van der Waals surface area contributed by atoms with Crippen molar-refractivity contribution in [1.82, 2.24) is 10.3 Å². The van der Waals surface area contributed by atoms with Gasteiger partial charge in [0.05, 0.1) is 0 Å². The van der Waals surface area contributed by atoms with Crippen molar-refractivity contribution in [2.24, 2.45) is 0 Å². The molecule has 0 spiro atoms. The number of nitrogens with zero attached hydrogens (tertiary/aromatic N) is 1. The van der Waals surface area contributed by atoms with Gasteiger partial charge >= 0.3 is 0 Å². The third-order valence-corrected chi connectivity index (χ3v) is 5.53. The number of rotatable bonds is 3. The third-order valence-electron chi connectivity index (χ3n) is 4.61. The Kier molecular flexibility index (Phi) is 5.83. The van der Waals surface area contributed by atoms with Crippen LogP contribution in [0, 0.1) is 17.4 Å². The van der Waals surface area contributed by atoms with Crippen LogP contribution in [-0.2, 0) is 0 Å². The molecule has 0 aliphatic rings. The van der Waals surface area contributed by atoms with Gasteiger partial charge in [0.15, 0.2) is 10.7 Å². The number of aromatic nitrogens is 1. The standard InChI is InChI=1S/C23H18IN3O2S/c1-13-3-10-20-19(11-13)25-22(29-20)16-5-4-14(2)18(12-16)26-23(30)27-21(28)15-6-8-17(24)9-7-15/h3-12H,1-2H3,(H2,26,27,28,30). The van der Waals surface area contributed by atoms with Crippen LogP contribution in [0.1, 0.15) is 21.5 Å². The predicted octanol–water partition coefficient (Wildman–Crippen LogP) is 5.84. The summed E-state index contributed by atoms with van der Waals surface area (Å²) in [5, 5.41) is 6.05. The number of nitrogens with one attached hydrogen (secondary N) is 2. The van der Waals surface area contributed by atoms with Gasteiger partial charge in [-0.3, -0.25) is 10.1 Å². The highest BCUT2D eigenvalue weighted by molar-refractivity contribution is 14.1. The van der Waals surface area contributed by atoms with Gasteiger partial charge in [0, 0.05) is 20.4 Å². The highest BCUT2D eigenvalue weighted by Gasteiger charge is 2.12. The lowest BCUT2D eigenvalue weighted by atomic mass is 10.1. The van der Waals surface area contributed by atoms with Crippen molar-refractivity contribution in [3.8, 4) is 11.5 Å². The summed E-state index contributed by atoms with van der Waals surface area (Å²) >= 11 is 7.54. The van der Waals surface area contributed by atoms with Crippen LogP contribution in [0.15, 0.2) is 65.1 Å². The number of fused-ring (bicyclic) bond motifs is 1. The molecule has 0 saturated heterocycles. The summed E-state index contributed by atoms with van der Waals surface area (Å²) in [7, 11) is 0. The van der Waals surface area contributed by atoms with Crippen molar-refractivity contribution in [2.45, 2.75) is 13.8 Å². The molecular formula is C23H18IN3O2S. The maximum absolute atomic E-state index is 12.4. The first-order valence-corrected chi connectivity index (χ1v) is 10.7. The normalized spacial score (nSPS) is 10.8. The quantitative estimate of drug-likeness (QED) is 0.259. The highest BCUT2D eigenvalue weighted by atomic mass is 127. The molecule has 2 N–H and O–H groups in total. The molecule has 0 atom stereocenters. The van der Waals surface area contributed by atoms with Gasteiger partial charge in [-0.1, -0.05) is 12.1 Å². The number of carbonyl (C=O) groups excluding carboxylic acids is 1. The number of halogens is 1. The Morgan fingerprint density at radius 2 is 1.80 bits per heavy atom. The van der Waals surface area contributed by atoms with Crippen LogP contribution in [-0.4, -0.2) is 16.0 Å². The molecule has 4 aromatic rings. The zero-order chi connectivity index (χ0) is 21.3. The number of benzene rings is 3. The molecule has 30 heavy (non-hydrogen) atoms. The summed E-state index contributed by atoms with van der Waals surface area (Å²) in [4.78, 5) is 17.0. The van der Waals surface area contributed by atoms with Crippen LogP contribution in [0.3, 0.4) is 0 Å². The van der Waals surface area contributed by atoms with E-state index in [0.717, 1.165) is 37.0 Å². The molecule has 4 rings (SSSR count). The summed E-state index contributed by atoms with van der Waals surface area (Å²) in [6, 6.07) is 19.0. The van der Waals surface area contributed by atoms with Crippen molar-refractivity contribution >= 4 is 62.6 Å². The van der Waals surface area contributed by atoms with Crippen LogP contribution < -0.4 is 10.6 Å². The van der Waals surface area contributed by atoms with Crippen LogP contribution in [0.2, 0.25) is 0 Å². The van der Waals surface area contributed by atoms with E-state index in [4.69, 9.17) is 16.6 Å². The molecule has 0 unspecified atom stereocenters. The molecule has 0 aliphatic carbocycles. The topological polar surface area (TPSA) is 67.2 Å². The Hall–Kier alpha value is -2.78. The zero-order valence-electron chi connectivity index (χ0n) is 16.3. The zero-order valence-corrected chi connectivity index (χ0v) is 19.3. The SMILES string of the molecule is Cc1ccc2oc(-c3ccc(C)c(NC(=S)NC(=O)c4ccc(I)cc4)c3)nc2c1. The fourth-order valence-corrected chi connectivity index (χ4v) is 3.54. The van der Waals surface area contributed by atoms with E-state index >= 15 is 0 Å². The number of thiocarbonyl (C=S) groups is 1. The van der Waals surface area contributed by atoms with Crippen molar-refractivity contribution in [3.05, 3.63) is 80.9 Å². The van der Waals surface area contributed by atoms with Gasteiger partial charge in [-0.25, -0.2) is 4.98 Å². The smallest absolute Gasteiger partial charge is 0.257 e. The lowest BCUT2D eigenvalue weighted by molar-refractivity contribution is 0.0977. The van der Waals surface area contributed by atoms with E-state index in [9.17, 15) is 4.79 Å². The minimum absolute atomic E-state index is 0.229. The van der Waals surface area contributed by atoms with Crippen LogP contribution >= 0.6 is 34.8 Å². The lowest BCUT2D eigenvalue weighted by Crippen LogP contribution is -2.34. The van der Waals surface area contributed by atoms with Crippen LogP contribution in [0.5, 0.6) is 0 Å². The van der Waals surface area contributed by atoms with Crippen LogP contribution in [0.25, 0.3) is 22.6 Å². The molecule has 5 nitrogen and oxygen atoms in total. The number of oxazole rings is 1. The largest absolute Gasteiger partial charge is 0.436 e. The van der Waals surface area contributed by atoms with E-state index in [1.807, 2.05) is 62.4 Å². The Morgan fingerprint density at radius 1 is 1.03 bits per heavy atom. The van der Waals surface area contributed by atoms with Gasteiger partial charge in [-0.15, -0.1) is 0 Å². The van der Waals surface area contributed by atoms with Crippen molar-refractivity contribution in [3.63, 3.8) is 0 Å². The second-order valence-electron chi connectivity index (χ2n) is 6.94. The number of hydrogen-bond acceptors (Lipinski definition) is 4. The molecule has 7 heteroatoms. The highest BCUT2D eigenvalue weighted by Crippen LogP contribution is 2.28. The molecule has 0 aliphatic heterocycles.